The lowest BCUT2D eigenvalue weighted by Gasteiger charge is -2.18. The van der Waals surface area contributed by atoms with Crippen LogP contribution in [-0.4, -0.2) is 37.2 Å². The molecule has 0 heterocycles. The second kappa shape index (κ2) is 56.4. The molecule has 0 unspecified atom stereocenters. The Kier molecular flexibility index (Phi) is 53.0. The molecule has 6 heteroatoms. The van der Waals surface area contributed by atoms with Gasteiger partial charge >= 0.3 is 17.9 Å². The van der Waals surface area contributed by atoms with Crippen molar-refractivity contribution in [1.29, 1.82) is 0 Å². The summed E-state index contributed by atoms with van der Waals surface area (Å²) in [6.45, 7) is 6.34. The van der Waals surface area contributed by atoms with Crippen LogP contribution in [0.15, 0.2) is 122 Å². The third-order valence-corrected chi connectivity index (χ3v) is 11.5. The van der Waals surface area contributed by atoms with Gasteiger partial charge in [-0.25, -0.2) is 0 Å². The molecule has 0 N–H and O–H groups in total. The first-order valence-electron chi connectivity index (χ1n) is 28.0. The van der Waals surface area contributed by atoms with Crippen LogP contribution in [0.1, 0.15) is 239 Å². The molecule has 0 aliphatic heterocycles. The second-order valence-corrected chi connectivity index (χ2v) is 18.1. The summed E-state index contributed by atoms with van der Waals surface area (Å²) in [5.74, 6) is -1.01. The molecular formula is C63H102O6. The van der Waals surface area contributed by atoms with Crippen LogP contribution in [0.4, 0.5) is 0 Å². The minimum atomic E-state index is -0.824. The fourth-order valence-corrected chi connectivity index (χ4v) is 7.33. The summed E-state index contributed by atoms with van der Waals surface area (Å²) in [6.07, 6.45) is 77.6. The van der Waals surface area contributed by atoms with E-state index in [1.54, 1.807) is 0 Å². The summed E-state index contributed by atoms with van der Waals surface area (Å²) in [7, 11) is 0. The van der Waals surface area contributed by atoms with Crippen LogP contribution in [0.3, 0.4) is 0 Å². The number of hydrogen-bond donors (Lipinski definition) is 0. The summed E-state index contributed by atoms with van der Waals surface area (Å²) in [4.78, 5) is 38.1. The van der Waals surface area contributed by atoms with Crippen LogP contribution in [0, 0.1) is 0 Å². The van der Waals surface area contributed by atoms with Gasteiger partial charge in [0.15, 0.2) is 6.10 Å². The van der Waals surface area contributed by atoms with Gasteiger partial charge in [0.1, 0.15) is 13.2 Å². The van der Waals surface area contributed by atoms with Crippen molar-refractivity contribution in [2.75, 3.05) is 13.2 Å². The first-order valence-corrected chi connectivity index (χ1v) is 28.0. The smallest absolute Gasteiger partial charge is 0.306 e. The van der Waals surface area contributed by atoms with E-state index in [-0.39, 0.29) is 37.5 Å². The van der Waals surface area contributed by atoms with Crippen molar-refractivity contribution in [3.8, 4) is 0 Å². The van der Waals surface area contributed by atoms with Gasteiger partial charge in [-0.15, -0.1) is 0 Å². The Morgan fingerprint density at radius 1 is 0.304 bits per heavy atom. The van der Waals surface area contributed by atoms with Gasteiger partial charge in [-0.3, -0.25) is 14.4 Å². The summed E-state index contributed by atoms with van der Waals surface area (Å²) in [6, 6.07) is 0. The lowest BCUT2D eigenvalue weighted by Crippen LogP contribution is -2.30. The van der Waals surface area contributed by atoms with Gasteiger partial charge < -0.3 is 14.2 Å². The van der Waals surface area contributed by atoms with E-state index in [1.807, 2.05) is 0 Å². The first kappa shape index (κ1) is 64.8. The van der Waals surface area contributed by atoms with E-state index in [0.717, 1.165) is 116 Å². The maximum atomic E-state index is 12.8. The van der Waals surface area contributed by atoms with Crippen molar-refractivity contribution in [3.05, 3.63) is 122 Å². The van der Waals surface area contributed by atoms with Crippen molar-refractivity contribution < 1.29 is 28.6 Å². The maximum absolute atomic E-state index is 12.8. The van der Waals surface area contributed by atoms with Crippen molar-refractivity contribution in [2.24, 2.45) is 0 Å². The number of hydrogen-bond acceptors (Lipinski definition) is 6. The molecule has 0 aliphatic rings. The lowest BCUT2D eigenvalue weighted by molar-refractivity contribution is -0.167. The van der Waals surface area contributed by atoms with E-state index in [1.165, 1.54) is 77.0 Å². The van der Waals surface area contributed by atoms with Gasteiger partial charge in [0.2, 0.25) is 0 Å². The number of ether oxygens (including phenoxy) is 3. The zero-order valence-corrected chi connectivity index (χ0v) is 44.5. The maximum Gasteiger partial charge on any atom is 0.306 e. The van der Waals surface area contributed by atoms with Crippen LogP contribution < -0.4 is 0 Å². The third kappa shape index (κ3) is 54.6. The molecule has 0 aromatic carbocycles. The highest BCUT2D eigenvalue weighted by Crippen LogP contribution is 2.15. The van der Waals surface area contributed by atoms with Crippen molar-refractivity contribution in [1.82, 2.24) is 0 Å². The second-order valence-electron chi connectivity index (χ2n) is 18.1. The van der Waals surface area contributed by atoms with Crippen molar-refractivity contribution in [2.45, 2.75) is 245 Å². The fraction of sp³-hybridized carbons (Fsp3) is 0.635. The molecule has 69 heavy (non-hydrogen) atoms. The normalized spacial score (nSPS) is 13.0. The highest BCUT2D eigenvalue weighted by atomic mass is 16.6. The van der Waals surface area contributed by atoms with E-state index in [2.05, 4.69) is 142 Å². The zero-order chi connectivity index (χ0) is 50.0. The molecular weight excluding hydrogens is 853 g/mol. The molecule has 0 radical (unpaired) electrons. The molecule has 0 fully saturated rings. The molecule has 6 nitrogen and oxygen atoms in total. The monoisotopic (exact) mass is 955 g/mol. The molecule has 0 rings (SSSR count). The first-order chi connectivity index (χ1) is 34.0. The van der Waals surface area contributed by atoms with Crippen LogP contribution in [-0.2, 0) is 28.6 Å². The van der Waals surface area contributed by atoms with Crippen molar-refractivity contribution >= 4 is 17.9 Å². The Morgan fingerprint density at radius 2 is 0.580 bits per heavy atom. The SMILES string of the molecule is CC/C=C/C/C=C/C/C=C/C/C=C/C/C=C/CCCCCC(=O)OC[C@@H](COC(=O)CCCCCCCCCCCCCCCCC)OC(=O)CCC/C=C/C/C=C/C/C=C/C/C=C/C/C=C/CC. The molecule has 1 atom stereocenters. The van der Waals surface area contributed by atoms with Crippen LogP contribution in [0.2, 0.25) is 0 Å². The minimum absolute atomic E-state index is 0.112. The minimum Gasteiger partial charge on any atom is -0.462 e. The zero-order valence-electron chi connectivity index (χ0n) is 44.5. The largest absolute Gasteiger partial charge is 0.462 e. The number of rotatable bonds is 49. The topological polar surface area (TPSA) is 78.9 Å². The summed E-state index contributed by atoms with van der Waals surface area (Å²) in [5.41, 5.74) is 0. The highest BCUT2D eigenvalue weighted by Gasteiger charge is 2.19. The Hall–Kier alpha value is -4.19. The quantitative estimate of drug-likeness (QED) is 0.0262. The van der Waals surface area contributed by atoms with Gasteiger partial charge in [0.05, 0.1) is 0 Å². The molecule has 390 valence electrons. The Balaban J connectivity index is 4.55. The molecule has 0 saturated heterocycles. The predicted octanol–water partition coefficient (Wildman–Crippen LogP) is 18.9. The molecule has 0 spiro atoms. The van der Waals surface area contributed by atoms with Gasteiger partial charge in [0.25, 0.3) is 0 Å². The molecule has 0 bridgehead atoms. The van der Waals surface area contributed by atoms with Crippen molar-refractivity contribution in [3.63, 3.8) is 0 Å². The third-order valence-electron chi connectivity index (χ3n) is 11.5. The molecule has 0 aliphatic carbocycles. The number of unbranched alkanes of at least 4 members (excludes halogenated alkanes) is 18. The van der Waals surface area contributed by atoms with Gasteiger partial charge in [-0.2, -0.15) is 0 Å². The van der Waals surface area contributed by atoms with Gasteiger partial charge in [-0.05, 0) is 103 Å². The van der Waals surface area contributed by atoms with Crippen LogP contribution in [0.25, 0.3) is 0 Å². The van der Waals surface area contributed by atoms with E-state index in [9.17, 15) is 14.4 Å². The van der Waals surface area contributed by atoms with Gasteiger partial charge in [-0.1, -0.05) is 239 Å². The van der Waals surface area contributed by atoms with Crippen LogP contribution in [0.5, 0.6) is 0 Å². The Morgan fingerprint density at radius 3 is 0.928 bits per heavy atom. The average molecular weight is 956 g/mol. The average Bonchev–Trinajstić information content (AvgIpc) is 3.35. The van der Waals surface area contributed by atoms with E-state index >= 15 is 0 Å². The number of allylic oxidation sites excluding steroid dienone is 20. The standard InChI is InChI=1S/C63H102O6/c1-4-7-10-13-16-19-22-25-28-30-31-33-35-38-41-44-47-50-53-56-62(65)68-59-60(58-67-61(64)55-52-49-46-43-40-37-34-27-24-21-18-15-12-9-6-3)69-63(66)57-54-51-48-45-42-39-36-32-29-26-23-20-17-14-11-8-5-2/h7-8,10-11,16-17,19-20,25-26,28-29,31,33,36,38-39,41,45,48,60H,4-6,9,12-15,18,21-24,27,30,32,34-35,37,40,42-44,46-47,49-59H2,1-3H3/b10-7+,11-8+,19-16+,20-17+,28-25+,29-26+,33-31+,39-36+,41-38+,48-45+/t60-/m1/s1. The molecule has 0 amide bonds. The van der Waals surface area contributed by atoms with Crippen LogP contribution >= 0.6 is 0 Å². The number of esters is 3. The summed E-state index contributed by atoms with van der Waals surface area (Å²) in [5, 5.41) is 0. The van der Waals surface area contributed by atoms with Gasteiger partial charge in [0, 0.05) is 19.3 Å². The highest BCUT2D eigenvalue weighted by molar-refractivity contribution is 5.71. The number of carbonyl (C=O) groups excluding carboxylic acids is 3. The summed E-state index contributed by atoms with van der Waals surface area (Å²) >= 11 is 0. The Bertz CT molecular complexity index is 1470. The molecule has 0 aromatic rings. The van der Waals surface area contributed by atoms with E-state index in [4.69, 9.17) is 14.2 Å². The molecule has 0 aromatic heterocycles. The summed E-state index contributed by atoms with van der Waals surface area (Å²) < 4.78 is 16.8. The lowest BCUT2D eigenvalue weighted by atomic mass is 10.0. The fourth-order valence-electron chi connectivity index (χ4n) is 7.33. The van der Waals surface area contributed by atoms with E-state index < -0.39 is 6.10 Å². The molecule has 0 saturated carbocycles. The number of carbonyl (C=O) groups is 3. The van der Waals surface area contributed by atoms with E-state index in [0.29, 0.717) is 19.3 Å². The predicted molar refractivity (Wildman–Crippen MR) is 297 cm³/mol. The Labute approximate surface area is 424 Å².